The van der Waals surface area contributed by atoms with Gasteiger partial charge in [-0.05, 0) is 19.4 Å². The van der Waals surface area contributed by atoms with Crippen LogP contribution in [0.3, 0.4) is 0 Å². The van der Waals surface area contributed by atoms with Crippen molar-refractivity contribution >= 4 is 22.5 Å². The van der Waals surface area contributed by atoms with E-state index in [1.807, 2.05) is 38.1 Å². The van der Waals surface area contributed by atoms with Gasteiger partial charge in [0, 0.05) is 31.7 Å². The maximum Gasteiger partial charge on any atom is 0.420 e. The maximum atomic E-state index is 14.5. The largest absolute Gasteiger partial charge is 0.493 e. The molecule has 2 atom stereocenters. The lowest BCUT2D eigenvalue weighted by molar-refractivity contribution is -0.136. The van der Waals surface area contributed by atoms with E-state index in [9.17, 15) is 13.2 Å². The van der Waals surface area contributed by atoms with Crippen molar-refractivity contribution in [3.05, 3.63) is 47.4 Å². The standard InChI is InChI=1S/C24H26F3N5O2/c1-13-8-9-34-18-7-5-4-6-16(18)14(2)29-22-19-17(30-21(13)31-22)10-28-23(20(19)24(25,26)27)32-11-15(12-32)33-3/h4-7,10,13-15H,8-9,11-12H2,1-3H3,(H,29,30,31)/t13-,14-/m1/s1. The Morgan fingerprint density at radius 2 is 1.91 bits per heavy atom. The Balaban J connectivity index is 1.71. The minimum absolute atomic E-state index is 0.0705. The van der Waals surface area contributed by atoms with Gasteiger partial charge < -0.3 is 19.7 Å². The number of para-hydroxylation sites is 1. The first kappa shape index (κ1) is 22.6. The summed E-state index contributed by atoms with van der Waals surface area (Å²) in [5.41, 5.74) is 0.187. The van der Waals surface area contributed by atoms with E-state index in [-0.39, 0.29) is 40.6 Å². The molecule has 7 nitrogen and oxygen atoms in total. The van der Waals surface area contributed by atoms with Crippen LogP contribution in [0.15, 0.2) is 30.5 Å². The van der Waals surface area contributed by atoms with Crippen molar-refractivity contribution in [1.29, 1.82) is 0 Å². The maximum absolute atomic E-state index is 14.5. The number of nitrogens with one attached hydrogen (secondary N) is 1. The van der Waals surface area contributed by atoms with Crippen LogP contribution < -0.4 is 15.0 Å². The Hall–Kier alpha value is -3.14. The quantitative estimate of drug-likeness (QED) is 0.565. The summed E-state index contributed by atoms with van der Waals surface area (Å²) in [6, 6.07) is 7.18. The minimum Gasteiger partial charge on any atom is -0.493 e. The molecule has 0 amide bonds. The SMILES string of the molecule is COC1CN(c2ncc3nc4nc(c3c2C(F)(F)F)N[C@H](C)c2ccccc2OCC[C@H]4C)C1. The molecule has 1 N–H and O–H groups in total. The molecule has 0 unspecified atom stereocenters. The molecular formula is C24H26F3N5O2. The van der Waals surface area contributed by atoms with Gasteiger partial charge in [-0.25, -0.2) is 15.0 Å². The van der Waals surface area contributed by atoms with Gasteiger partial charge in [0.25, 0.3) is 0 Å². The van der Waals surface area contributed by atoms with E-state index >= 15 is 0 Å². The van der Waals surface area contributed by atoms with Crippen LogP contribution in [0.5, 0.6) is 5.75 Å². The van der Waals surface area contributed by atoms with Gasteiger partial charge in [-0.15, -0.1) is 0 Å². The van der Waals surface area contributed by atoms with Crippen LogP contribution >= 0.6 is 0 Å². The summed E-state index contributed by atoms with van der Waals surface area (Å²) in [5, 5.41) is 3.16. The molecule has 1 saturated heterocycles. The molecule has 3 aromatic rings. The van der Waals surface area contributed by atoms with E-state index in [2.05, 4.69) is 20.3 Å². The van der Waals surface area contributed by atoms with Crippen LogP contribution in [0.2, 0.25) is 0 Å². The first-order chi connectivity index (χ1) is 16.3. The van der Waals surface area contributed by atoms with Crippen molar-refractivity contribution in [1.82, 2.24) is 15.0 Å². The van der Waals surface area contributed by atoms with E-state index in [1.54, 1.807) is 12.0 Å². The number of alkyl halides is 3. The Bertz CT molecular complexity index is 1210. The summed E-state index contributed by atoms with van der Waals surface area (Å²) in [6.07, 6.45) is -2.73. The number of ether oxygens (including phenoxy) is 2. The highest BCUT2D eigenvalue weighted by molar-refractivity contribution is 5.95. The normalized spacial score (nSPS) is 21.2. The van der Waals surface area contributed by atoms with Gasteiger partial charge in [-0.3, -0.25) is 0 Å². The second-order valence-electron chi connectivity index (χ2n) is 8.85. The number of nitrogens with zero attached hydrogens (tertiary/aromatic N) is 4. The summed E-state index contributed by atoms with van der Waals surface area (Å²) in [4.78, 5) is 14.9. The zero-order valence-corrected chi connectivity index (χ0v) is 19.2. The summed E-state index contributed by atoms with van der Waals surface area (Å²) >= 11 is 0. The number of benzene rings is 1. The number of anilines is 2. The lowest BCUT2D eigenvalue weighted by atomic mass is 10.0. The predicted octanol–water partition coefficient (Wildman–Crippen LogP) is 4.94. The molecule has 180 valence electrons. The number of halogens is 3. The Kier molecular flexibility index (Phi) is 5.71. The highest BCUT2D eigenvalue weighted by Gasteiger charge is 2.42. The molecular weight excluding hydrogens is 447 g/mol. The Morgan fingerprint density at radius 1 is 1.15 bits per heavy atom. The van der Waals surface area contributed by atoms with Gasteiger partial charge in [0.2, 0.25) is 0 Å². The fourth-order valence-electron chi connectivity index (χ4n) is 4.46. The summed E-state index contributed by atoms with van der Waals surface area (Å²) < 4.78 is 54.8. The number of fused-ring (bicyclic) bond motifs is 5. The van der Waals surface area contributed by atoms with Gasteiger partial charge in [-0.2, -0.15) is 13.2 Å². The fourth-order valence-corrected chi connectivity index (χ4v) is 4.46. The van der Waals surface area contributed by atoms with E-state index in [4.69, 9.17) is 9.47 Å². The van der Waals surface area contributed by atoms with Crippen molar-refractivity contribution in [2.24, 2.45) is 0 Å². The number of pyridine rings is 1. The predicted molar refractivity (Wildman–Crippen MR) is 122 cm³/mol. The fraction of sp³-hybridized carbons (Fsp3) is 0.458. The third kappa shape index (κ3) is 4.00. The van der Waals surface area contributed by atoms with Crippen molar-refractivity contribution in [3.8, 4) is 5.75 Å². The van der Waals surface area contributed by atoms with Crippen LogP contribution in [-0.4, -0.2) is 47.9 Å². The topological polar surface area (TPSA) is 72.4 Å². The zero-order chi connectivity index (χ0) is 24.0. The van der Waals surface area contributed by atoms with E-state index < -0.39 is 11.7 Å². The molecule has 0 aliphatic carbocycles. The monoisotopic (exact) mass is 473 g/mol. The number of rotatable bonds is 2. The summed E-state index contributed by atoms with van der Waals surface area (Å²) in [5.74, 6) is 1.07. The van der Waals surface area contributed by atoms with Crippen LogP contribution in [0.4, 0.5) is 24.8 Å². The van der Waals surface area contributed by atoms with E-state index in [0.717, 1.165) is 5.56 Å². The molecule has 2 aliphatic heterocycles. The van der Waals surface area contributed by atoms with Gasteiger partial charge in [0.15, 0.2) is 0 Å². The van der Waals surface area contributed by atoms with Crippen molar-refractivity contribution in [2.45, 2.75) is 44.5 Å². The van der Waals surface area contributed by atoms with Crippen LogP contribution in [0.25, 0.3) is 10.9 Å². The lowest BCUT2D eigenvalue weighted by Gasteiger charge is -2.40. The lowest BCUT2D eigenvalue weighted by Crippen LogP contribution is -2.52. The van der Waals surface area contributed by atoms with Gasteiger partial charge >= 0.3 is 6.18 Å². The number of aromatic nitrogens is 3. The Morgan fingerprint density at radius 3 is 2.65 bits per heavy atom. The molecule has 10 heteroatoms. The van der Waals surface area contributed by atoms with Crippen molar-refractivity contribution in [2.75, 3.05) is 37.0 Å². The first-order valence-corrected chi connectivity index (χ1v) is 11.3. The van der Waals surface area contributed by atoms with Crippen LogP contribution in [0.1, 0.15) is 49.2 Å². The zero-order valence-electron chi connectivity index (χ0n) is 19.2. The minimum atomic E-state index is -4.65. The summed E-state index contributed by atoms with van der Waals surface area (Å²) in [7, 11) is 1.55. The molecule has 1 fully saturated rings. The van der Waals surface area contributed by atoms with Gasteiger partial charge in [0.05, 0.1) is 35.9 Å². The number of methoxy groups -OCH3 is 1. The molecule has 2 bridgehead atoms. The molecule has 2 aromatic heterocycles. The number of hydrogen-bond donors (Lipinski definition) is 1. The third-order valence-electron chi connectivity index (χ3n) is 6.49. The highest BCUT2D eigenvalue weighted by atomic mass is 19.4. The molecule has 34 heavy (non-hydrogen) atoms. The molecule has 4 heterocycles. The second-order valence-corrected chi connectivity index (χ2v) is 8.85. The third-order valence-corrected chi connectivity index (χ3v) is 6.49. The van der Waals surface area contributed by atoms with Crippen molar-refractivity contribution in [3.63, 3.8) is 0 Å². The van der Waals surface area contributed by atoms with Crippen LogP contribution in [-0.2, 0) is 10.9 Å². The average Bonchev–Trinajstić information content (AvgIpc) is 2.78. The highest BCUT2D eigenvalue weighted by Crippen LogP contribution is 2.44. The van der Waals surface area contributed by atoms with E-state index in [1.165, 1.54) is 6.20 Å². The van der Waals surface area contributed by atoms with Crippen molar-refractivity contribution < 1.29 is 22.6 Å². The molecule has 2 aliphatic rings. The molecule has 5 rings (SSSR count). The van der Waals surface area contributed by atoms with Gasteiger partial charge in [0.1, 0.15) is 28.8 Å². The summed E-state index contributed by atoms with van der Waals surface area (Å²) in [6.45, 7) is 4.96. The number of hydrogen-bond acceptors (Lipinski definition) is 7. The van der Waals surface area contributed by atoms with E-state index in [0.29, 0.717) is 37.7 Å². The molecule has 1 aromatic carbocycles. The average molecular weight is 473 g/mol. The molecule has 0 radical (unpaired) electrons. The molecule has 0 spiro atoms. The first-order valence-electron chi connectivity index (χ1n) is 11.3. The van der Waals surface area contributed by atoms with Gasteiger partial charge in [-0.1, -0.05) is 25.1 Å². The Labute approximate surface area is 195 Å². The molecule has 0 saturated carbocycles. The van der Waals surface area contributed by atoms with Crippen LogP contribution in [0, 0.1) is 0 Å². The smallest absolute Gasteiger partial charge is 0.420 e. The second kappa shape index (κ2) is 8.57.